The van der Waals surface area contributed by atoms with Gasteiger partial charge >= 0.3 is 5.97 Å². The molecule has 1 aliphatic rings. The van der Waals surface area contributed by atoms with Gasteiger partial charge in [-0.3, -0.25) is 14.5 Å². The number of nitrogens with zero attached hydrogens (tertiary/aromatic N) is 2. The molecule has 1 aromatic carbocycles. The number of nitrogens with one attached hydrogen (secondary N) is 1. The monoisotopic (exact) mass is 305 g/mol. The predicted molar refractivity (Wildman–Crippen MR) is 83.5 cm³/mol. The predicted octanol–water partition coefficient (Wildman–Crippen LogP) is 0.564. The Kier molecular flexibility index (Phi) is 5.91. The molecule has 0 spiro atoms. The lowest BCUT2D eigenvalue weighted by Gasteiger charge is -2.38. The van der Waals surface area contributed by atoms with Crippen molar-refractivity contribution in [2.45, 2.75) is 18.5 Å². The van der Waals surface area contributed by atoms with E-state index in [0.717, 1.165) is 31.6 Å². The summed E-state index contributed by atoms with van der Waals surface area (Å²) >= 11 is 0. The zero-order chi connectivity index (χ0) is 15.9. The zero-order valence-electron chi connectivity index (χ0n) is 12.8. The number of hydrogen-bond acceptors (Lipinski definition) is 4. The van der Waals surface area contributed by atoms with Gasteiger partial charge in [0, 0.05) is 32.2 Å². The molecule has 1 aromatic rings. The number of hydrogen-bond donors (Lipinski definition) is 2. The van der Waals surface area contributed by atoms with Crippen molar-refractivity contribution in [2.24, 2.45) is 0 Å². The van der Waals surface area contributed by atoms with Gasteiger partial charge in [0.05, 0.1) is 12.5 Å². The summed E-state index contributed by atoms with van der Waals surface area (Å²) in [6.07, 6.45) is 0.676. The van der Waals surface area contributed by atoms with Crippen LogP contribution in [0.3, 0.4) is 0 Å². The molecular formula is C16H23N3O3. The lowest BCUT2D eigenvalue weighted by Crippen LogP contribution is -2.54. The van der Waals surface area contributed by atoms with Crippen molar-refractivity contribution in [3.05, 3.63) is 35.9 Å². The van der Waals surface area contributed by atoms with Crippen LogP contribution in [0.5, 0.6) is 0 Å². The van der Waals surface area contributed by atoms with Crippen molar-refractivity contribution in [3.63, 3.8) is 0 Å². The number of likely N-dealkylation sites (N-methyl/N-ethyl adjacent to an activating group) is 1. The molecule has 0 aliphatic carbocycles. The van der Waals surface area contributed by atoms with Crippen LogP contribution in [0, 0.1) is 0 Å². The van der Waals surface area contributed by atoms with Gasteiger partial charge in [0.2, 0.25) is 6.41 Å². The molecule has 0 radical (unpaired) electrons. The van der Waals surface area contributed by atoms with Crippen LogP contribution in [0.2, 0.25) is 0 Å². The molecule has 22 heavy (non-hydrogen) atoms. The maximum atomic E-state index is 11.6. The topological polar surface area (TPSA) is 72.9 Å². The number of rotatable bonds is 7. The molecule has 2 unspecified atom stereocenters. The van der Waals surface area contributed by atoms with Gasteiger partial charge in [0.15, 0.2) is 0 Å². The number of carbonyl (C=O) groups is 2. The van der Waals surface area contributed by atoms with Gasteiger partial charge in [-0.2, -0.15) is 0 Å². The van der Waals surface area contributed by atoms with E-state index in [1.165, 1.54) is 0 Å². The van der Waals surface area contributed by atoms with Crippen LogP contribution in [-0.4, -0.2) is 66.6 Å². The van der Waals surface area contributed by atoms with Crippen molar-refractivity contribution >= 4 is 12.4 Å². The first-order chi connectivity index (χ1) is 10.6. The lowest BCUT2D eigenvalue weighted by atomic mass is 10.0. The SMILES string of the molecule is CN1CCNCC1CN(C=O)C(CC(=O)O)c1ccccc1. The fourth-order valence-electron chi connectivity index (χ4n) is 2.82. The second-order valence-corrected chi connectivity index (χ2v) is 5.67. The molecule has 120 valence electrons. The third kappa shape index (κ3) is 4.29. The number of piperazine rings is 1. The van der Waals surface area contributed by atoms with Gasteiger partial charge < -0.3 is 15.3 Å². The van der Waals surface area contributed by atoms with Crippen molar-refractivity contribution in [1.82, 2.24) is 15.1 Å². The summed E-state index contributed by atoms with van der Waals surface area (Å²) in [5.41, 5.74) is 0.850. The maximum absolute atomic E-state index is 11.6. The zero-order valence-corrected chi connectivity index (χ0v) is 12.8. The van der Waals surface area contributed by atoms with E-state index in [1.807, 2.05) is 37.4 Å². The first kappa shape index (κ1) is 16.5. The Hall–Kier alpha value is -1.92. The largest absolute Gasteiger partial charge is 0.481 e. The number of aliphatic carboxylic acids is 1. The van der Waals surface area contributed by atoms with Crippen LogP contribution >= 0.6 is 0 Å². The first-order valence-electron chi connectivity index (χ1n) is 7.50. The summed E-state index contributed by atoms with van der Waals surface area (Å²) in [5.74, 6) is -0.907. The molecular weight excluding hydrogens is 282 g/mol. The van der Waals surface area contributed by atoms with Gasteiger partial charge in [0.25, 0.3) is 0 Å². The van der Waals surface area contributed by atoms with E-state index in [4.69, 9.17) is 0 Å². The molecule has 1 amide bonds. The van der Waals surface area contributed by atoms with E-state index < -0.39 is 12.0 Å². The normalized spacial score (nSPS) is 20.3. The second kappa shape index (κ2) is 7.91. The Morgan fingerprint density at radius 1 is 1.50 bits per heavy atom. The summed E-state index contributed by atoms with van der Waals surface area (Å²) in [6, 6.07) is 9.10. The van der Waals surface area contributed by atoms with E-state index in [-0.39, 0.29) is 12.5 Å². The van der Waals surface area contributed by atoms with E-state index in [9.17, 15) is 14.7 Å². The van der Waals surface area contributed by atoms with Crippen molar-refractivity contribution in [2.75, 3.05) is 33.2 Å². The molecule has 1 fully saturated rings. The Morgan fingerprint density at radius 2 is 2.23 bits per heavy atom. The third-order valence-corrected chi connectivity index (χ3v) is 4.15. The van der Waals surface area contributed by atoms with Gasteiger partial charge in [-0.1, -0.05) is 30.3 Å². The number of amides is 1. The number of carboxylic acid groups (broad SMARTS) is 1. The minimum Gasteiger partial charge on any atom is -0.481 e. The van der Waals surface area contributed by atoms with Crippen LogP contribution in [0.4, 0.5) is 0 Å². The van der Waals surface area contributed by atoms with E-state index in [0.29, 0.717) is 6.54 Å². The minimum absolute atomic E-state index is 0.0907. The number of carboxylic acids is 1. The number of carbonyl (C=O) groups excluding carboxylic acids is 1. The summed E-state index contributed by atoms with van der Waals surface area (Å²) in [7, 11) is 2.03. The smallest absolute Gasteiger partial charge is 0.305 e. The highest BCUT2D eigenvalue weighted by molar-refractivity contribution is 5.68. The van der Waals surface area contributed by atoms with Gasteiger partial charge in [0.1, 0.15) is 0 Å². The van der Waals surface area contributed by atoms with E-state index >= 15 is 0 Å². The Labute approximate surface area is 130 Å². The molecule has 6 heteroatoms. The van der Waals surface area contributed by atoms with Crippen LogP contribution in [0.15, 0.2) is 30.3 Å². The molecule has 1 heterocycles. The fraction of sp³-hybridized carbons (Fsp3) is 0.500. The average molecular weight is 305 g/mol. The van der Waals surface area contributed by atoms with Crippen molar-refractivity contribution < 1.29 is 14.7 Å². The van der Waals surface area contributed by atoms with E-state index in [1.54, 1.807) is 4.90 Å². The quantitative estimate of drug-likeness (QED) is 0.720. The molecule has 1 aliphatic heterocycles. The highest BCUT2D eigenvalue weighted by Crippen LogP contribution is 2.24. The highest BCUT2D eigenvalue weighted by atomic mass is 16.4. The first-order valence-corrected chi connectivity index (χ1v) is 7.50. The molecule has 0 aromatic heterocycles. The molecule has 2 atom stereocenters. The fourth-order valence-corrected chi connectivity index (χ4v) is 2.82. The molecule has 0 bridgehead atoms. The Balaban J connectivity index is 2.15. The molecule has 0 saturated carbocycles. The lowest BCUT2D eigenvalue weighted by molar-refractivity contribution is -0.139. The van der Waals surface area contributed by atoms with Gasteiger partial charge in [-0.25, -0.2) is 0 Å². The summed E-state index contributed by atoms with van der Waals surface area (Å²) in [6.45, 7) is 3.17. The highest BCUT2D eigenvalue weighted by Gasteiger charge is 2.27. The molecule has 2 N–H and O–H groups in total. The average Bonchev–Trinajstić information content (AvgIpc) is 2.53. The molecule has 1 saturated heterocycles. The van der Waals surface area contributed by atoms with Crippen molar-refractivity contribution in [3.8, 4) is 0 Å². The maximum Gasteiger partial charge on any atom is 0.305 e. The van der Waals surface area contributed by atoms with E-state index in [2.05, 4.69) is 10.2 Å². The third-order valence-electron chi connectivity index (χ3n) is 4.15. The molecule has 2 rings (SSSR count). The number of benzene rings is 1. The standard InChI is InChI=1S/C16H23N3O3/c1-18-8-7-17-10-14(18)11-19(12-20)15(9-16(21)22)13-5-3-2-4-6-13/h2-6,12,14-15,17H,7-11H2,1H3,(H,21,22). The van der Waals surface area contributed by atoms with Crippen LogP contribution in [-0.2, 0) is 9.59 Å². The van der Waals surface area contributed by atoms with Crippen LogP contribution in [0.25, 0.3) is 0 Å². The van der Waals surface area contributed by atoms with Gasteiger partial charge in [-0.15, -0.1) is 0 Å². The minimum atomic E-state index is -0.907. The van der Waals surface area contributed by atoms with Crippen LogP contribution in [0.1, 0.15) is 18.0 Å². The van der Waals surface area contributed by atoms with Gasteiger partial charge in [-0.05, 0) is 12.6 Å². The molecule has 6 nitrogen and oxygen atoms in total. The summed E-state index contributed by atoms with van der Waals surface area (Å²) < 4.78 is 0. The van der Waals surface area contributed by atoms with Crippen molar-refractivity contribution in [1.29, 1.82) is 0 Å². The summed E-state index contributed by atoms with van der Waals surface area (Å²) in [4.78, 5) is 26.6. The Morgan fingerprint density at radius 3 is 2.82 bits per heavy atom. The Bertz CT molecular complexity index is 495. The second-order valence-electron chi connectivity index (χ2n) is 5.67. The summed E-state index contributed by atoms with van der Waals surface area (Å²) in [5, 5.41) is 12.5. The van der Waals surface area contributed by atoms with Crippen LogP contribution < -0.4 is 5.32 Å².